The average molecular weight is 395 g/mol. The molecule has 1 unspecified atom stereocenters. The summed E-state index contributed by atoms with van der Waals surface area (Å²) in [5, 5.41) is 0.931. The van der Waals surface area contributed by atoms with Crippen LogP contribution in [0.25, 0.3) is 10.9 Å². The molecule has 0 radical (unpaired) electrons. The molecular weight excluding hydrogens is 370 g/mol. The van der Waals surface area contributed by atoms with Gasteiger partial charge in [-0.05, 0) is 42.7 Å². The van der Waals surface area contributed by atoms with Crippen molar-refractivity contribution in [2.75, 3.05) is 33.3 Å². The highest BCUT2D eigenvalue weighted by Gasteiger charge is 2.27. The second-order valence-electron chi connectivity index (χ2n) is 7.08. The number of methoxy groups -OCH3 is 4. The van der Waals surface area contributed by atoms with Crippen molar-refractivity contribution >= 4 is 16.7 Å². The molecule has 1 aliphatic rings. The number of ether oxygens (including phenoxy) is 4. The topological polar surface area (TPSA) is 65.9 Å². The molecule has 152 valence electrons. The van der Waals surface area contributed by atoms with Crippen LogP contribution in [0.1, 0.15) is 18.1 Å². The van der Waals surface area contributed by atoms with Crippen molar-refractivity contribution in [3.05, 3.63) is 41.7 Å². The predicted octanol–water partition coefficient (Wildman–Crippen LogP) is 3.62. The maximum absolute atomic E-state index is 5.50. The van der Waals surface area contributed by atoms with Crippen LogP contribution < -0.4 is 23.8 Å². The molecule has 0 aliphatic carbocycles. The molecule has 7 heteroatoms. The van der Waals surface area contributed by atoms with Gasteiger partial charge in [0.05, 0.1) is 34.0 Å². The van der Waals surface area contributed by atoms with Gasteiger partial charge in [-0.25, -0.2) is 9.97 Å². The van der Waals surface area contributed by atoms with Crippen LogP contribution in [0.15, 0.2) is 30.6 Å². The Morgan fingerprint density at radius 1 is 0.793 bits per heavy atom. The Balaban J connectivity index is 1.80. The molecule has 1 aromatic heterocycles. The summed E-state index contributed by atoms with van der Waals surface area (Å²) in [5.74, 6) is 3.69. The quantitative estimate of drug-likeness (QED) is 0.654. The van der Waals surface area contributed by atoms with E-state index in [0.717, 1.165) is 41.2 Å². The lowest BCUT2D eigenvalue weighted by molar-refractivity contribution is 0.353. The molecule has 1 aliphatic heterocycles. The molecule has 29 heavy (non-hydrogen) atoms. The largest absolute Gasteiger partial charge is 0.493 e. The summed E-state index contributed by atoms with van der Waals surface area (Å²) in [4.78, 5) is 11.3. The molecule has 0 spiro atoms. The molecule has 7 nitrogen and oxygen atoms in total. The standard InChI is InChI=1S/C22H25N3O4/c1-13-6-14-7-18(26-2)19(27-3)8-15(14)11-25(13)22-16-9-20(28-4)21(29-5)10-17(16)23-12-24-22/h7-10,12-13H,6,11H2,1-5H3. The zero-order valence-electron chi connectivity index (χ0n) is 17.4. The highest BCUT2D eigenvalue weighted by atomic mass is 16.5. The Labute approximate surface area is 170 Å². The smallest absolute Gasteiger partial charge is 0.162 e. The number of fused-ring (bicyclic) bond motifs is 2. The van der Waals surface area contributed by atoms with Crippen molar-refractivity contribution in [2.45, 2.75) is 25.9 Å². The summed E-state index contributed by atoms with van der Waals surface area (Å²) in [6.07, 6.45) is 2.48. The Hall–Kier alpha value is -3.22. The van der Waals surface area contributed by atoms with Crippen LogP contribution in [0, 0.1) is 0 Å². The lowest BCUT2D eigenvalue weighted by Crippen LogP contribution is -2.39. The fourth-order valence-electron chi connectivity index (χ4n) is 3.95. The molecule has 0 bridgehead atoms. The molecular formula is C22H25N3O4. The van der Waals surface area contributed by atoms with E-state index in [1.54, 1.807) is 34.8 Å². The molecule has 0 saturated heterocycles. The van der Waals surface area contributed by atoms with Gasteiger partial charge in [0.1, 0.15) is 12.1 Å². The van der Waals surface area contributed by atoms with Gasteiger partial charge in [0.15, 0.2) is 23.0 Å². The predicted molar refractivity (Wildman–Crippen MR) is 112 cm³/mol. The van der Waals surface area contributed by atoms with Gasteiger partial charge in [-0.15, -0.1) is 0 Å². The Morgan fingerprint density at radius 2 is 1.38 bits per heavy atom. The van der Waals surface area contributed by atoms with Gasteiger partial charge in [0.25, 0.3) is 0 Å². The summed E-state index contributed by atoms with van der Waals surface area (Å²) in [6.45, 7) is 2.92. The van der Waals surface area contributed by atoms with Crippen molar-refractivity contribution in [2.24, 2.45) is 0 Å². The number of anilines is 1. The van der Waals surface area contributed by atoms with Gasteiger partial charge in [0, 0.05) is 24.0 Å². The van der Waals surface area contributed by atoms with Crippen LogP contribution >= 0.6 is 0 Å². The monoisotopic (exact) mass is 395 g/mol. The molecule has 4 rings (SSSR count). The number of hydrogen-bond donors (Lipinski definition) is 0. The summed E-state index contributed by atoms with van der Waals surface area (Å²) in [6, 6.07) is 8.22. The maximum atomic E-state index is 5.50. The zero-order chi connectivity index (χ0) is 20.5. The fraction of sp³-hybridized carbons (Fsp3) is 0.364. The molecule has 0 N–H and O–H groups in total. The SMILES string of the molecule is COc1cc2c(cc1OC)CN(c1ncnc3cc(OC)c(OC)cc13)C(C)C2. The molecule has 0 saturated carbocycles. The maximum Gasteiger partial charge on any atom is 0.162 e. The van der Waals surface area contributed by atoms with E-state index in [-0.39, 0.29) is 6.04 Å². The van der Waals surface area contributed by atoms with E-state index < -0.39 is 0 Å². The number of nitrogens with zero attached hydrogens (tertiary/aromatic N) is 3. The van der Waals surface area contributed by atoms with Gasteiger partial charge in [-0.2, -0.15) is 0 Å². The van der Waals surface area contributed by atoms with Crippen LogP contribution in [0.3, 0.4) is 0 Å². The summed E-state index contributed by atoms with van der Waals surface area (Å²) < 4.78 is 21.9. The van der Waals surface area contributed by atoms with Crippen molar-refractivity contribution in [1.29, 1.82) is 0 Å². The third-order valence-electron chi connectivity index (χ3n) is 5.49. The number of aromatic nitrogens is 2. The van der Waals surface area contributed by atoms with Gasteiger partial charge >= 0.3 is 0 Å². The lowest BCUT2D eigenvalue weighted by atomic mass is 9.93. The van der Waals surface area contributed by atoms with Gasteiger partial charge < -0.3 is 23.8 Å². The minimum absolute atomic E-state index is 0.256. The van der Waals surface area contributed by atoms with E-state index in [2.05, 4.69) is 33.9 Å². The van der Waals surface area contributed by atoms with Gasteiger partial charge in [-0.1, -0.05) is 0 Å². The van der Waals surface area contributed by atoms with Crippen molar-refractivity contribution in [3.63, 3.8) is 0 Å². The lowest BCUT2D eigenvalue weighted by Gasteiger charge is -2.36. The number of benzene rings is 2. The Kier molecular flexibility index (Phi) is 5.05. The van der Waals surface area contributed by atoms with E-state index in [1.807, 2.05) is 12.1 Å². The zero-order valence-corrected chi connectivity index (χ0v) is 17.4. The minimum Gasteiger partial charge on any atom is -0.493 e. The summed E-state index contributed by atoms with van der Waals surface area (Å²) in [5.41, 5.74) is 3.29. The molecule has 2 heterocycles. The van der Waals surface area contributed by atoms with Crippen LogP contribution in [-0.4, -0.2) is 44.4 Å². The summed E-state index contributed by atoms with van der Waals surface area (Å²) in [7, 11) is 6.58. The first-order chi connectivity index (χ1) is 14.1. The first-order valence-electron chi connectivity index (χ1n) is 9.46. The first kappa shape index (κ1) is 19.1. The van der Waals surface area contributed by atoms with E-state index in [9.17, 15) is 0 Å². The minimum atomic E-state index is 0.256. The van der Waals surface area contributed by atoms with Crippen LogP contribution in [0.2, 0.25) is 0 Å². The third kappa shape index (κ3) is 3.26. The van der Waals surface area contributed by atoms with Gasteiger partial charge in [-0.3, -0.25) is 0 Å². The Morgan fingerprint density at radius 3 is 2.03 bits per heavy atom. The van der Waals surface area contributed by atoms with Gasteiger partial charge in [0.2, 0.25) is 0 Å². The van der Waals surface area contributed by atoms with Crippen LogP contribution in [-0.2, 0) is 13.0 Å². The second-order valence-corrected chi connectivity index (χ2v) is 7.08. The average Bonchev–Trinajstić information content (AvgIpc) is 2.76. The van der Waals surface area contributed by atoms with Crippen LogP contribution in [0.5, 0.6) is 23.0 Å². The van der Waals surface area contributed by atoms with E-state index in [4.69, 9.17) is 18.9 Å². The van der Waals surface area contributed by atoms with E-state index in [1.165, 1.54) is 11.1 Å². The molecule has 2 aromatic carbocycles. The van der Waals surface area contributed by atoms with Crippen molar-refractivity contribution in [1.82, 2.24) is 9.97 Å². The van der Waals surface area contributed by atoms with E-state index in [0.29, 0.717) is 11.5 Å². The molecule has 3 aromatic rings. The highest BCUT2D eigenvalue weighted by molar-refractivity contribution is 5.92. The van der Waals surface area contributed by atoms with Crippen molar-refractivity contribution < 1.29 is 18.9 Å². The normalized spacial score (nSPS) is 15.8. The molecule has 0 amide bonds. The summed E-state index contributed by atoms with van der Waals surface area (Å²) >= 11 is 0. The van der Waals surface area contributed by atoms with Crippen molar-refractivity contribution in [3.8, 4) is 23.0 Å². The second kappa shape index (κ2) is 7.66. The third-order valence-corrected chi connectivity index (χ3v) is 5.49. The fourth-order valence-corrected chi connectivity index (χ4v) is 3.95. The molecule has 0 fully saturated rings. The van der Waals surface area contributed by atoms with E-state index >= 15 is 0 Å². The molecule has 1 atom stereocenters. The first-order valence-corrected chi connectivity index (χ1v) is 9.46. The number of rotatable bonds is 5. The highest BCUT2D eigenvalue weighted by Crippen LogP contribution is 2.39. The number of hydrogen-bond acceptors (Lipinski definition) is 7. The van der Waals surface area contributed by atoms with Crippen LogP contribution in [0.4, 0.5) is 5.82 Å². The Bertz CT molecular complexity index is 1050.